The van der Waals surface area contributed by atoms with Crippen molar-refractivity contribution in [3.05, 3.63) is 12.2 Å². The highest BCUT2D eigenvalue weighted by atomic mass is 16.5. The fourth-order valence-corrected chi connectivity index (χ4v) is 12.1. The number of allylic oxidation sites excluding steroid dienone is 2. The first-order chi connectivity index (χ1) is 42.2. The molecular formula is C66H118N12O13. The van der Waals surface area contributed by atoms with E-state index in [1.54, 1.807) is 54.5 Å². The molecule has 2 heterocycles. The molecule has 11 amide bonds. The Morgan fingerprint density at radius 3 is 1.42 bits per heavy atom. The van der Waals surface area contributed by atoms with E-state index < -0.39 is 161 Å². The SMILES string of the molecule is C/C=C/C[C@@H](C)[C@@H](O)[C@H]1C(=O)N[C@@H](CC)C(=O)N(C)[C@H](C)C(=O)N(C)[C@@H]([C@@H](C)CN2CCOCC2)C(=O)N[C@@H](C(C)C)C(=O)N(C)[C@@H](CC(C)C)C(=O)N[C@@H](C)C(=O)N[C@H](C)C(=O)N(C)[C@@H](CC(C)C)C(=O)N(C)[C@@H](CC(C)C)C(=O)N(C)[C@@H](C(C)C)C(=O)N1C. The predicted octanol–water partition coefficient (Wildman–Crippen LogP) is 2.58. The molecule has 0 unspecified atom stereocenters. The third-order valence-corrected chi connectivity index (χ3v) is 18.0. The average Bonchev–Trinajstić information content (AvgIpc) is 2.18. The number of likely N-dealkylation sites (N-methyl/N-ethyl adjacent to an activating group) is 7. The molecule has 14 atom stereocenters. The van der Waals surface area contributed by atoms with Crippen LogP contribution in [0.3, 0.4) is 0 Å². The van der Waals surface area contributed by atoms with E-state index in [4.69, 9.17) is 4.74 Å². The van der Waals surface area contributed by atoms with E-state index in [0.29, 0.717) is 39.3 Å². The largest absolute Gasteiger partial charge is 0.390 e. The molecule has 2 aliphatic heterocycles. The van der Waals surface area contributed by atoms with E-state index in [-0.39, 0.29) is 43.4 Å². The van der Waals surface area contributed by atoms with E-state index in [9.17, 15) is 33.9 Å². The van der Waals surface area contributed by atoms with Gasteiger partial charge in [-0.05, 0) is 101 Å². The zero-order valence-electron chi connectivity index (χ0n) is 59.6. The molecule has 25 heteroatoms. The summed E-state index contributed by atoms with van der Waals surface area (Å²) in [5.74, 6) is -10.3. The number of amides is 11. The summed E-state index contributed by atoms with van der Waals surface area (Å²) < 4.78 is 5.60. The highest BCUT2D eigenvalue weighted by molar-refractivity contribution is 6.00. The number of nitrogens with zero attached hydrogens (tertiary/aromatic N) is 8. The van der Waals surface area contributed by atoms with Crippen LogP contribution in [0.2, 0.25) is 0 Å². The van der Waals surface area contributed by atoms with Crippen molar-refractivity contribution >= 4 is 65.0 Å². The maximum absolute atomic E-state index is 15.3. The van der Waals surface area contributed by atoms with Gasteiger partial charge in [0.2, 0.25) is 65.0 Å². The van der Waals surface area contributed by atoms with E-state index in [2.05, 4.69) is 26.2 Å². The van der Waals surface area contributed by atoms with E-state index in [1.165, 1.54) is 99.5 Å². The zero-order valence-corrected chi connectivity index (χ0v) is 59.6. The Hall–Kier alpha value is -6.21. The number of ether oxygens (including phenoxy) is 1. The monoisotopic (exact) mass is 1290 g/mol. The first-order valence-corrected chi connectivity index (χ1v) is 32.9. The van der Waals surface area contributed by atoms with Gasteiger partial charge in [0, 0.05) is 69.0 Å². The molecule has 0 aliphatic carbocycles. The maximum Gasteiger partial charge on any atom is 0.246 e. The predicted molar refractivity (Wildman–Crippen MR) is 350 cm³/mol. The first-order valence-electron chi connectivity index (χ1n) is 32.9. The van der Waals surface area contributed by atoms with Crippen molar-refractivity contribution in [3.63, 3.8) is 0 Å². The lowest BCUT2D eigenvalue weighted by Gasteiger charge is -2.41. The molecule has 2 aliphatic rings. The summed E-state index contributed by atoms with van der Waals surface area (Å²) in [5.41, 5.74) is 0. The van der Waals surface area contributed by atoms with Crippen LogP contribution in [0, 0.1) is 41.4 Å². The van der Waals surface area contributed by atoms with Gasteiger partial charge < -0.3 is 65.4 Å². The molecule has 0 aromatic rings. The number of rotatable bonds is 16. The number of hydrogen-bond acceptors (Lipinski definition) is 14. The molecule has 0 aromatic carbocycles. The Morgan fingerprint density at radius 2 is 0.934 bits per heavy atom. The molecule has 0 saturated carbocycles. The molecule has 0 bridgehead atoms. The van der Waals surface area contributed by atoms with Gasteiger partial charge in [-0.25, -0.2) is 0 Å². The van der Waals surface area contributed by atoms with E-state index in [0.717, 1.165) is 4.90 Å². The molecule has 2 saturated heterocycles. The van der Waals surface area contributed by atoms with Gasteiger partial charge in [0.25, 0.3) is 0 Å². The smallest absolute Gasteiger partial charge is 0.246 e. The van der Waals surface area contributed by atoms with Crippen molar-refractivity contribution in [3.8, 4) is 0 Å². The summed E-state index contributed by atoms with van der Waals surface area (Å²) in [6.45, 7) is 31.9. The van der Waals surface area contributed by atoms with Gasteiger partial charge in [0.05, 0.1) is 19.3 Å². The van der Waals surface area contributed by atoms with Crippen LogP contribution >= 0.6 is 0 Å². The van der Waals surface area contributed by atoms with Crippen LogP contribution < -0.4 is 21.3 Å². The van der Waals surface area contributed by atoms with Crippen molar-refractivity contribution < 1.29 is 62.6 Å². The molecule has 0 spiro atoms. The number of nitrogens with one attached hydrogen (secondary N) is 4. The molecule has 0 aromatic heterocycles. The Kier molecular flexibility index (Phi) is 32.8. The highest BCUT2D eigenvalue weighted by Crippen LogP contribution is 2.26. The summed E-state index contributed by atoms with van der Waals surface area (Å²) in [5, 5.41) is 23.3. The topological polar surface area (TPSA) is 291 Å². The van der Waals surface area contributed by atoms with Crippen LogP contribution in [-0.2, 0) is 57.5 Å². The lowest BCUT2D eigenvalue weighted by molar-refractivity contribution is -0.157. The van der Waals surface area contributed by atoms with Crippen LogP contribution in [0.5, 0.6) is 0 Å². The second-order valence-corrected chi connectivity index (χ2v) is 27.7. The van der Waals surface area contributed by atoms with Gasteiger partial charge >= 0.3 is 0 Å². The first kappa shape index (κ1) is 80.9. The third-order valence-electron chi connectivity index (χ3n) is 18.0. The van der Waals surface area contributed by atoms with Crippen LogP contribution in [0.25, 0.3) is 0 Å². The Morgan fingerprint density at radius 1 is 0.484 bits per heavy atom. The molecule has 2 rings (SSSR count). The van der Waals surface area contributed by atoms with Gasteiger partial charge in [-0.15, -0.1) is 0 Å². The fraction of sp³-hybridized carbons (Fsp3) is 0.803. The molecule has 91 heavy (non-hydrogen) atoms. The molecule has 5 N–H and O–H groups in total. The maximum atomic E-state index is 15.3. The van der Waals surface area contributed by atoms with Crippen molar-refractivity contribution in [1.29, 1.82) is 0 Å². The highest BCUT2D eigenvalue weighted by Gasteiger charge is 2.46. The summed E-state index contributed by atoms with van der Waals surface area (Å²) in [6.07, 6.45) is 2.83. The number of morpholine rings is 1. The molecule has 520 valence electrons. The molecule has 2 fully saturated rings. The number of aliphatic hydroxyl groups excluding tert-OH is 1. The number of hydrogen-bond donors (Lipinski definition) is 5. The van der Waals surface area contributed by atoms with E-state index in [1.807, 2.05) is 54.5 Å². The standard InChI is InChI=1S/C66H118N12O13/c1-25-27-28-42(13)55(79)54-59(83)69-47(26-2)62(86)71(18)46(17)61(85)76(23)53(43(14)36-78-29-31-91-32-30-78)58(82)70-51(40(9)10)65(89)72(19)48(33-37(3)4)57(81)67-44(15)56(80)68-45(16)60(84)73(20)49(34-38(5)6)63(87)74(21)50(35-39(7)8)64(88)75(22)52(41(11)12)66(90)77(54)24/h25,27,37-55,79H,26,28-36H2,1-24H3,(H,67,81)(H,68,80)(H,69,83)(H,70,82)/b27-25+/t42-,43+,44+,45-,46-,47+,48+,49+,50+,51+,52+,53+,54+,55-/m1/s1. The lowest BCUT2D eigenvalue weighted by atomic mass is 9.91. The second-order valence-electron chi connectivity index (χ2n) is 27.7. The van der Waals surface area contributed by atoms with Crippen LogP contribution in [0.4, 0.5) is 0 Å². The van der Waals surface area contributed by atoms with Gasteiger partial charge in [-0.2, -0.15) is 0 Å². The number of carbonyl (C=O) groups is 11. The van der Waals surface area contributed by atoms with Crippen LogP contribution in [0.1, 0.15) is 150 Å². The number of aliphatic hydroxyl groups is 1. The fourth-order valence-electron chi connectivity index (χ4n) is 12.1. The molecule has 25 nitrogen and oxygen atoms in total. The van der Waals surface area contributed by atoms with E-state index >= 15 is 24.0 Å². The van der Waals surface area contributed by atoms with Gasteiger partial charge in [0.1, 0.15) is 66.5 Å². The normalized spacial score (nSPS) is 28.3. The van der Waals surface area contributed by atoms with Gasteiger partial charge in [-0.1, -0.05) is 102 Å². The Bertz CT molecular complexity index is 2500. The summed E-state index contributed by atoms with van der Waals surface area (Å²) >= 11 is 0. The minimum Gasteiger partial charge on any atom is -0.390 e. The lowest BCUT2D eigenvalue weighted by Crippen LogP contribution is -2.64. The van der Waals surface area contributed by atoms with Crippen LogP contribution in [-0.4, -0.2) is 264 Å². The summed E-state index contributed by atoms with van der Waals surface area (Å²) in [7, 11) is 10.00. The Labute approximate surface area is 544 Å². The minimum atomic E-state index is -1.63. The van der Waals surface area contributed by atoms with Crippen molar-refractivity contribution in [1.82, 2.24) is 60.5 Å². The summed E-state index contributed by atoms with van der Waals surface area (Å²) in [4.78, 5) is 174. The zero-order chi connectivity index (χ0) is 70.0. The number of carbonyl (C=O) groups excluding carboxylic acids is 11. The van der Waals surface area contributed by atoms with Crippen LogP contribution in [0.15, 0.2) is 12.2 Å². The Balaban J connectivity index is 3.04. The van der Waals surface area contributed by atoms with Crippen molar-refractivity contribution in [2.75, 3.05) is 82.2 Å². The minimum absolute atomic E-state index is 0.00497. The summed E-state index contributed by atoms with van der Waals surface area (Å²) in [6, 6.07) is -13.8. The molecular weight excluding hydrogens is 1170 g/mol. The van der Waals surface area contributed by atoms with Crippen molar-refractivity contribution in [2.45, 2.75) is 222 Å². The average molecular weight is 1290 g/mol. The second kappa shape index (κ2) is 36.9. The van der Waals surface area contributed by atoms with Crippen molar-refractivity contribution in [2.24, 2.45) is 41.4 Å². The van der Waals surface area contributed by atoms with Gasteiger partial charge in [0.15, 0.2) is 0 Å². The quantitative estimate of drug-likeness (QED) is 0.139. The molecule has 0 radical (unpaired) electrons. The third kappa shape index (κ3) is 22.0. The van der Waals surface area contributed by atoms with Gasteiger partial charge in [-0.3, -0.25) is 57.6 Å².